The number of hydrogen-bond donors (Lipinski definition) is 1. The summed E-state index contributed by atoms with van der Waals surface area (Å²) in [6, 6.07) is 19.5. The zero-order valence-corrected chi connectivity index (χ0v) is 15.4. The summed E-state index contributed by atoms with van der Waals surface area (Å²) in [6.07, 6.45) is 1.85. The van der Waals surface area contributed by atoms with Crippen molar-refractivity contribution in [2.75, 3.05) is 13.7 Å². The van der Waals surface area contributed by atoms with E-state index in [1.807, 2.05) is 67.6 Å². The van der Waals surface area contributed by atoms with E-state index < -0.39 is 0 Å². The minimum Gasteiger partial charge on any atom is -0.493 e. The van der Waals surface area contributed by atoms with E-state index in [9.17, 15) is 4.79 Å². The van der Waals surface area contributed by atoms with E-state index in [0.29, 0.717) is 18.1 Å². The highest BCUT2D eigenvalue weighted by Gasteiger charge is 2.07. The van der Waals surface area contributed by atoms with Crippen LogP contribution in [-0.4, -0.2) is 25.8 Å². The normalized spacial score (nSPS) is 10.9. The van der Waals surface area contributed by atoms with Gasteiger partial charge in [-0.05, 0) is 47.0 Å². The highest BCUT2D eigenvalue weighted by molar-refractivity contribution is 5.90. The van der Waals surface area contributed by atoms with Gasteiger partial charge in [0.05, 0.1) is 26.4 Å². The molecular weight excluding hydrogens is 340 g/mol. The molecule has 3 aromatic rings. The number of hydrazone groups is 1. The van der Waals surface area contributed by atoms with Crippen LogP contribution in [0.25, 0.3) is 10.8 Å². The van der Waals surface area contributed by atoms with E-state index in [-0.39, 0.29) is 12.3 Å². The van der Waals surface area contributed by atoms with E-state index in [4.69, 9.17) is 9.47 Å². The maximum absolute atomic E-state index is 12.2. The number of hydrogen-bond acceptors (Lipinski definition) is 4. The second-order valence-electron chi connectivity index (χ2n) is 5.95. The molecule has 0 fully saturated rings. The maximum atomic E-state index is 12.2. The summed E-state index contributed by atoms with van der Waals surface area (Å²) >= 11 is 0. The van der Waals surface area contributed by atoms with Gasteiger partial charge in [0.2, 0.25) is 5.91 Å². The molecular formula is C22H22N2O3. The van der Waals surface area contributed by atoms with Crippen LogP contribution in [0.2, 0.25) is 0 Å². The van der Waals surface area contributed by atoms with Gasteiger partial charge < -0.3 is 9.47 Å². The van der Waals surface area contributed by atoms with Gasteiger partial charge in [0, 0.05) is 0 Å². The zero-order chi connectivity index (χ0) is 19.1. The number of fused-ring (bicyclic) bond motifs is 1. The summed E-state index contributed by atoms with van der Waals surface area (Å²) in [4.78, 5) is 12.2. The first-order chi connectivity index (χ1) is 13.2. The van der Waals surface area contributed by atoms with Gasteiger partial charge in [-0.1, -0.05) is 42.5 Å². The van der Waals surface area contributed by atoms with Gasteiger partial charge in [0.25, 0.3) is 0 Å². The maximum Gasteiger partial charge on any atom is 0.244 e. The molecule has 0 atom stereocenters. The second-order valence-corrected chi connectivity index (χ2v) is 5.95. The minimum atomic E-state index is -0.166. The van der Waals surface area contributed by atoms with Crippen LogP contribution < -0.4 is 14.9 Å². The highest BCUT2D eigenvalue weighted by Crippen LogP contribution is 2.27. The lowest BCUT2D eigenvalue weighted by Crippen LogP contribution is -2.19. The van der Waals surface area contributed by atoms with Crippen LogP contribution in [0, 0.1) is 0 Å². The Kier molecular flexibility index (Phi) is 6.05. The summed E-state index contributed by atoms with van der Waals surface area (Å²) in [6.45, 7) is 2.48. The third-order valence-corrected chi connectivity index (χ3v) is 4.12. The Morgan fingerprint density at radius 3 is 2.70 bits per heavy atom. The van der Waals surface area contributed by atoms with Gasteiger partial charge in [-0.3, -0.25) is 4.79 Å². The van der Waals surface area contributed by atoms with Crippen molar-refractivity contribution in [1.29, 1.82) is 0 Å². The average molecular weight is 362 g/mol. The molecule has 3 rings (SSSR count). The van der Waals surface area contributed by atoms with Crippen LogP contribution in [-0.2, 0) is 11.2 Å². The van der Waals surface area contributed by atoms with Gasteiger partial charge in [0.1, 0.15) is 0 Å². The number of methoxy groups -OCH3 is 1. The van der Waals surface area contributed by atoms with Crippen molar-refractivity contribution in [1.82, 2.24) is 5.43 Å². The molecule has 0 aliphatic rings. The number of carbonyl (C=O) groups is 1. The van der Waals surface area contributed by atoms with Gasteiger partial charge in [0.15, 0.2) is 11.5 Å². The van der Waals surface area contributed by atoms with E-state index in [2.05, 4.69) is 10.5 Å². The molecule has 5 nitrogen and oxygen atoms in total. The standard InChI is InChI=1S/C22H22N2O3/c1-3-27-20-12-11-16(13-21(20)26-2)15-23-24-22(25)14-18-9-6-8-17-7-4-5-10-19(17)18/h4-13,15H,3,14H2,1-2H3,(H,24,25). The quantitative estimate of drug-likeness (QED) is 0.512. The number of nitrogens with one attached hydrogen (secondary N) is 1. The van der Waals surface area contributed by atoms with Crippen molar-refractivity contribution in [3.05, 3.63) is 71.8 Å². The molecule has 0 saturated heterocycles. The Balaban J connectivity index is 1.65. The molecule has 0 heterocycles. The number of rotatable bonds is 7. The molecule has 3 aromatic carbocycles. The van der Waals surface area contributed by atoms with Crippen molar-refractivity contribution in [3.8, 4) is 11.5 Å². The fraction of sp³-hybridized carbons (Fsp3) is 0.182. The molecule has 0 saturated carbocycles. The Morgan fingerprint density at radius 1 is 1.07 bits per heavy atom. The van der Waals surface area contributed by atoms with Crippen LogP contribution >= 0.6 is 0 Å². The summed E-state index contributed by atoms with van der Waals surface area (Å²) < 4.78 is 10.8. The van der Waals surface area contributed by atoms with Gasteiger partial charge >= 0.3 is 0 Å². The second kappa shape index (κ2) is 8.85. The SMILES string of the molecule is CCOc1ccc(C=NNC(=O)Cc2cccc3ccccc23)cc1OC. The Hall–Kier alpha value is -3.34. The van der Waals surface area contributed by atoms with Crippen LogP contribution in [0.15, 0.2) is 65.8 Å². The van der Waals surface area contributed by atoms with Crippen LogP contribution in [0.4, 0.5) is 0 Å². The summed E-state index contributed by atoms with van der Waals surface area (Å²) in [5.41, 5.74) is 4.36. The molecule has 0 radical (unpaired) electrons. The zero-order valence-electron chi connectivity index (χ0n) is 15.4. The van der Waals surface area contributed by atoms with Gasteiger partial charge in [-0.15, -0.1) is 0 Å². The van der Waals surface area contributed by atoms with E-state index >= 15 is 0 Å². The number of nitrogens with zero attached hydrogens (tertiary/aromatic N) is 1. The van der Waals surface area contributed by atoms with Crippen molar-refractivity contribution in [3.63, 3.8) is 0 Å². The van der Waals surface area contributed by atoms with Crippen LogP contribution in [0.1, 0.15) is 18.1 Å². The first-order valence-electron chi connectivity index (χ1n) is 8.80. The van der Waals surface area contributed by atoms with Crippen LogP contribution in [0.3, 0.4) is 0 Å². The van der Waals surface area contributed by atoms with Crippen molar-refractivity contribution >= 4 is 22.9 Å². The molecule has 1 N–H and O–H groups in total. The third-order valence-electron chi connectivity index (χ3n) is 4.12. The van der Waals surface area contributed by atoms with Gasteiger partial charge in [-0.25, -0.2) is 5.43 Å². The minimum absolute atomic E-state index is 0.166. The molecule has 0 aliphatic carbocycles. The smallest absolute Gasteiger partial charge is 0.244 e. The fourth-order valence-electron chi connectivity index (χ4n) is 2.88. The van der Waals surface area contributed by atoms with E-state index in [1.165, 1.54) is 0 Å². The number of amides is 1. The first kappa shape index (κ1) is 18.5. The number of ether oxygens (including phenoxy) is 2. The molecule has 0 aromatic heterocycles. The Bertz CT molecular complexity index is 961. The topological polar surface area (TPSA) is 59.9 Å². The largest absolute Gasteiger partial charge is 0.493 e. The van der Waals surface area contributed by atoms with Gasteiger partial charge in [-0.2, -0.15) is 5.10 Å². The Labute approximate surface area is 158 Å². The number of benzene rings is 3. The summed E-state index contributed by atoms with van der Waals surface area (Å²) in [5.74, 6) is 1.14. The molecule has 27 heavy (non-hydrogen) atoms. The van der Waals surface area contributed by atoms with Crippen molar-refractivity contribution in [2.24, 2.45) is 5.10 Å². The molecule has 138 valence electrons. The highest BCUT2D eigenvalue weighted by atomic mass is 16.5. The fourth-order valence-corrected chi connectivity index (χ4v) is 2.88. The molecule has 0 bridgehead atoms. The first-order valence-corrected chi connectivity index (χ1v) is 8.80. The molecule has 0 unspecified atom stereocenters. The predicted octanol–water partition coefficient (Wildman–Crippen LogP) is 3.94. The summed E-state index contributed by atoms with van der Waals surface area (Å²) in [7, 11) is 1.59. The van der Waals surface area contributed by atoms with Crippen molar-refractivity contribution in [2.45, 2.75) is 13.3 Å². The molecule has 5 heteroatoms. The Morgan fingerprint density at radius 2 is 1.89 bits per heavy atom. The van der Waals surface area contributed by atoms with Crippen molar-refractivity contribution < 1.29 is 14.3 Å². The van der Waals surface area contributed by atoms with E-state index in [1.54, 1.807) is 13.3 Å². The van der Waals surface area contributed by atoms with E-state index in [0.717, 1.165) is 21.9 Å². The number of carbonyl (C=O) groups excluding carboxylic acids is 1. The molecule has 0 aliphatic heterocycles. The lowest BCUT2D eigenvalue weighted by Gasteiger charge is -2.09. The predicted molar refractivity (Wildman–Crippen MR) is 108 cm³/mol. The molecule has 1 amide bonds. The lowest BCUT2D eigenvalue weighted by molar-refractivity contribution is -0.120. The summed E-state index contributed by atoms with van der Waals surface area (Å²) in [5, 5.41) is 6.25. The average Bonchev–Trinajstić information content (AvgIpc) is 2.69. The lowest BCUT2D eigenvalue weighted by atomic mass is 10.0. The monoisotopic (exact) mass is 362 g/mol. The third kappa shape index (κ3) is 4.64. The van der Waals surface area contributed by atoms with Crippen LogP contribution in [0.5, 0.6) is 11.5 Å². The molecule has 0 spiro atoms.